The lowest BCUT2D eigenvalue weighted by atomic mass is 10.0. The van der Waals surface area contributed by atoms with Gasteiger partial charge in [0.25, 0.3) is 5.91 Å². The maximum atomic E-state index is 14.7. The van der Waals surface area contributed by atoms with Crippen molar-refractivity contribution >= 4 is 34.5 Å². The molecule has 0 unspecified atom stereocenters. The van der Waals surface area contributed by atoms with Crippen LogP contribution in [0.2, 0.25) is 0 Å². The average molecular weight is 644 g/mol. The zero-order chi connectivity index (χ0) is 27.5. The fourth-order valence-corrected chi connectivity index (χ4v) is 4.89. The minimum absolute atomic E-state index is 0.131. The summed E-state index contributed by atoms with van der Waals surface area (Å²) in [6.45, 7) is 0.00255. The van der Waals surface area contributed by atoms with Crippen LogP contribution in [0.25, 0.3) is 11.3 Å². The second-order valence-electron chi connectivity index (χ2n) is 8.88. The molecule has 2 atom stereocenters. The summed E-state index contributed by atoms with van der Waals surface area (Å²) in [4.78, 5) is 35.4. The summed E-state index contributed by atoms with van der Waals surface area (Å²) in [6, 6.07) is 14.7. The van der Waals surface area contributed by atoms with Gasteiger partial charge in [-0.1, -0.05) is 24.3 Å². The largest absolute Gasteiger partial charge is 0.491 e. The number of carbonyl (C=O) groups is 2. The number of aromatic nitrogens is 2. The van der Waals surface area contributed by atoms with Crippen LogP contribution in [0.1, 0.15) is 29.0 Å². The number of imide groups is 1. The Morgan fingerprint density at radius 2 is 1.79 bits per heavy atom. The van der Waals surface area contributed by atoms with Gasteiger partial charge in [-0.05, 0) is 76.2 Å². The summed E-state index contributed by atoms with van der Waals surface area (Å²) < 4.78 is 34.3. The van der Waals surface area contributed by atoms with Crippen molar-refractivity contribution in [3.8, 4) is 17.0 Å². The summed E-state index contributed by atoms with van der Waals surface area (Å²) in [5.74, 6) is -0.542. The van der Waals surface area contributed by atoms with Gasteiger partial charge in [0, 0.05) is 15.6 Å². The van der Waals surface area contributed by atoms with Crippen molar-refractivity contribution in [1.29, 1.82) is 0 Å². The Hall–Kier alpha value is -3.84. The van der Waals surface area contributed by atoms with Gasteiger partial charge in [-0.25, -0.2) is 18.6 Å². The number of hydrogen-bond acceptors (Lipinski definition) is 5. The molecule has 4 aromatic rings. The summed E-state index contributed by atoms with van der Waals surface area (Å²) in [5.41, 5.74) is 1.92. The number of hydrogen-bond donors (Lipinski definition) is 3. The molecule has 0 radical (unpaired) electrons. The number of urea groups is 1. The fourth-order valence-electron chi connectivity index (χ4n) is 4.44. The summed E-state index contributed by atoms with van der Waals surface area (Å²) in [7, 11) is 0. The first-order chi connectivity index (χ1) is 18.8. The molecule has 200 valence electrons. The van der Waals surface area contributed by atoms with Gasteiger partial charge in [-0.2, -0.15) is 0 Å². The summed E-state index contributed by atoms with van der Waals surface area (Å²) >= 11 is 2.02. The Bertz CT molecular complexity index is 1490. The van der Waals surface area contributed by atoms with Crippen LogP contribution in [0.5, 0.6) is 5.75 Å². The van der Waals surface area contributed by atoms with Crippen molar-refractivity contribution in [2.75, 3.05) is 13.2 Å². The predicted octanol–water partition coefficient (Wildman–Crippen LogP) is 4.91. The molecule has 0 aliphatic carbocycles. The third-order valence-electron chi connectivity index (χ3n) is 6.33. The van der Waals surface area contributed by atoms with E-state index in [9.17, 15) is 18.4 Å². The lowest BCUT2D eigenvalue weighted by Crippen LogP contribution is -2.36. The zero-order valence-corrected chi connectivity index (χ0v) is 22.6. The van der Waals surface area contributed by atoms with Crippen LogP contribution in [0.15, 0.2) is 72.9 Å². The molecule has 1 aliphatic rings. The monoisotopic (exact) mass is 644 g/mol. The fraction of sp³-hybridized carbons (Fsp3) is 0.179. The van der Waals surface area contributed by atoms with Crippen LogP contribution in [0, 0.1) is 15.2 Å². The van der Waals surface area contributed by atoms with Gasteiger partial charge in [0.05, 0.1) is 18.5 Å². The van der Waals surface area contributed by atoms with Crippen LogP contribution < -0.4 is 10.1 Å². The number of aromatic amines is 1. The van der Waals surface area contributed by atoms with Crippen LogP contribution in [0.3, 0.4) is 0 Å². The van der Waals surface area contributed by atoms with Crippen molar-refractivity contribution in [2.45, 2.75) is 18.5 Å². The molecule has 0 saturated carbocycles. The van der Waals surface area contributed by atoms with Crippen LogP contribution in [0.4, 0.5) is 13.6 Å². The SMILES string of the molecule is O=C1N[C@H](c2ccc(OCCO)cc2)C(=O)N1[C@@H](Cc1ccc(F)cc1)c1ncc(-c2ccc(I)cc2F)[nH]1. The number of rotatable bonds is 9. The van der Waals surface area contributed by atoms with E-state index < -0.39 is 35.7 Å². The number of amides is 3. The number of nitrogens with zero attached hydrogens (tertiary/aromatic N) is 2. The van der Waals surface area contributed by atoms with Crippen LogP contribution in [-0.4, -0.2) is 45.1 Å². The van der Waals surface area contributed by atoms with Crippen molar-refractivity contribution in [1.82, 2.24) is 20.2 Å². The Morgan fingerprint density at radius 3 is 2.49 bits per heavy atom. The van der Waals surface area contributed by atoms with Crippen molar-refractivity contribution in [2.24, 2.45) is 0 Å². The molecule has 3 aromatic carbocycles. The van der Waals surface area contributed by atoms with E-state index in [0.717, 1.165) is 8.47 Å². The first-order valence-corrected chi connectivity index (χ1v) is 13.1. The molecule has 1 aromatic heterocycles. The topological polar surface area (TPSA) is 108 Å². The van der Waals surface area contributed by atoms with E-state index in [1.165, 1.54) is 24.4 Å². The number of H-pyrrole nitrogens is 1. The average Bonchev–Trinajstić information content (AvgIpc) is 3.52. The van der Waals surface area contributed by atoms with Gasteiger partial charge in [0.1, 0.15) is 41.9 Å². The molecule has 5 rings (SSSR count). The highest BCUT2D eigenvalue weighted by Gasteiger charge is 2.44. The van der Waals surface area contributed by atoms with Crippen molar-refractivity contribution in [3.05, 3.63) is 105 Å². The van der Waals surface area contributed by atoms with Gasteiger partial charge in [0.2, 0.25) is 0 Å². The number of halogens is 3. The van der Waals surface area contributed by atoms with E-state index in [-0.39, 0.29) is 25.5 Å². The molecular weight excluding hydrogens is 621 g/mol. The first-order valence-electron chi connectivity index (χ1n) is 12.1. The molecule has 8 nitrogen and oxygen atoms in total. The highest BCUT2D eigenvalue weighted by atomic mass is 127. The normalized spacial score (nSPS) is 15.9. The molecule has 3 N–H and O–H groups in total. The standard InChI is InChI=1S/C28H23F2IN4O4/c29-18-5-1-16(2-6-18)13-24(26-32-15-23(33-26)21-10-7-19(31)14-22(21)30)35-27(37)25(34-28(35)38)17-3-8-20(9-4-17)39-12-11-36/h1-10,14-15,24-25,36H,11-13H2,(H,32,33)(H,34,38)/t24-,25+/m0/s1. The number of aliphatic hydroxyl groups is 1. The number of carbonyl (C=O) groups excluding carboxylic acids is 2. The number of nitrogens with one attached hydrogen (secondary N) is 2. The van der Waals surface area contributed by atoms with Gasteiger partial charge in [-0.3, -0.25) is 9.69 Å². The van der Waals surface area contributed by atoms with E-state index >= 15 is 0 Å². The molecule has 1 saturated heterocycles. The molecule has 2 heterocycles. The Balaban J connectivity index is 1.47. The Kier molecular flexibility index (Phi) is 7.89. The van der Waals surface area contributed by atoms with Gasteiger partial charge >= 0.3 is 6.03 Å². The van der Waals surface area contributed by atoms with Crippen molar-refractivity contribution in [3.63, 3.8) is 0 Å². The molecule has 0 bridgehead atoms. The number of benzene rings is 3. The van der Waals surface area contributed by atoms with E-state index in [0.29, 0.717) is 28.1 Å². The van der Waals surface area contributed by atoms with Gasteiger partial charge < -0.3 is 20.1 Å². The number of ether oxygens (including phenoxy) is 1. The van der Waals surface area contributed by atoms with E-state index in [1.807, 2.05) is 22.6 Å². The van der Waals surface area contributed by atoms with Crippen LogP contribution >= 0.6 is 22.6 Å². The number of imidazole rings is 1. The lowest BCUT2D eigenvalue weighted by molar-refractivity contribution is -0.129. The third-order valence-corrected chi connectivity index (χ3v) is 7.00. The van der Waals surface area contributed by atoms with E-state index in [1.54, 1.807) is 48.5 Å². The highest BCUT2D eigenvalue weighted by Crippen LogP contribution is 2.33. The Morgan fingerprint density at radius 1 is 1.05 bits per heavy atom. The van der Waals surface area contributed by atoms with Crippen LogP contribution in [-0.2, 0) is 11.2 Å². The Labute approximate surface area is 236 Å². The van der Waals surface area contributed by atoms with Crippen molar-refractivity contribution < 1.29 is 28.2 Å². The zero-order valence-electron chi connectivity index (χ0n) is 20.4. The molecule has 11 heteroatoms. The van der Waals surface area contributed by atoms with E-state index in [2.05, 4.69) is 15.3 Å². The summed E-state index contributed by atoms with van der Waals surface area (Å²) in [5, 5.41) is 11.7. The number of aliphatic hydroxyl groups excluding tert-OH is 1. The highest BCUT2D eigenvalue weighted by molar-refractivity contribution is 14.1. The minimum Gasteiger partial charge on any atom is -0.491 e. The van der Waals surface area contributed by atoms with E-state index in [4.69, 9.17) is 9.84 Å². The van der Waals surface area contributed by atoms with Gasteiger partial charge in [0.15, 0.2) is 0 Å². The quantitative estimate of drug-likeness (QED) is 0.178. The molecule has 39 heavy (non-hydrogen) atoms. The second kappa shape index (κ2) is 11.5. The lowest BCUT2D eigenvalue weighted by Gasteiger charge is -2.24. The smallest absolute Gasteiger partial charge is 0.325 e. The molecule has 3 amide bonds. The summed E-state index contributed by atoms with van der Waals surface area (Å²) in [6.07, 6.45) is 1.61. The molecule has 1 aliphatic heterocycles. The maximum absolute atomic E-state index is 14.7. The second-order valence-corrected chi connectivity index (χ2v) is 10.1. The third kappa shape index (κ3) is 5.78. The minimum atomic E-state index is -0.941. The predicted molar refractivity (Wildman–Crippen MR) is 147 cm³/mol. The first kappa shape index (κ1) is 26.8. The molecule has 1 fully saturated rings. The van der Waals surface area contributed by atoms with Gasteiger partial charge in [-0.15, -0.1) is 0 Å². The molecular formula is C28H23F2IN4O4. The maximum Gasteiger partial charge on any atom is 0.325 e. The molecule has 0 spiro atoms.